The molecule has 140 valence electrons. The number of halogens is 1. The lowest BCUT2D eigenvalue weighted by Crippen LogP contribution is -2.24. The summed E-state index contributed by atoms with van der Waals surface area (Å²) in [6.45, 7) is -0.404. The third-order valence-electron chi connectivity index (χ3n) is 3.08. The molecule has 27 heavy (non-hydrogen) atoms. The number of phenolic OH excluding ortho intramolecular Hbond substituents is 1. The van der Waals surface area contributed by atoms with Crippen LogP contribution in [0.4, 0.5) is 11.4 Å². The lowest BCUT2D eigenvalue weighted by molar-refractivity contribution is -0.385. The minimum absolute atomic E-state index is 0.130. The van der Waals surface area contributed by atoms with Crippen LogP contribution in [0.1, 0.15) is 5.56 Å². The van der Waals surface area contributed by atoms with E-state index in [1.54, 1.807) is 0 Å². The van der Waals surface area contributed by atoms with Crippen LogP contribution in [0, 0.1) is 20.2 Å². The van der Waals surface area contributed by atoms with Gasteiger partial charge in [-0.15, -0.1) is 0 Å². The number of carbonyl (C=O) groups is 1. The molecule has 0 aromatic heterocycles. The summed E-state index contributed by atoms with van der Waals surface area (Å²) in [6.07, 6.45) is 1.18. The molecule has 0 aliphatic carbocycles. The SMILES string of the molecule is O=C(COc1ccc([N+](=O)[O-])cc1Br)NN=Cc1ccc([N+](=O)[O-])c(O)c1. The largest absolute Gasteiger partial charge is 0.502 e. The summed E-state index contributed by atoms with van der Waals surface area (Å²) < 4.78 is 5.54. The van der Waals surface area contributed by atoms with Crippen LogP contribution in [-0.2, 0) is 4.79 Å². The van der Waals surface area contributed by atoms with E-state index in [2.05, 4.69) is 26.5 Å². The van der Waals surface area contributed by atoms with Crippen LogP contribution in [0.25, 0.3) is 0 Å². The molecule has 0 heterocycles. The Bertz CT molecular complexity index is 932. The normalized spacial score (nSPS) is 10.6. The number of nitro groups is 2. The molecule has 0 aliphatic rings. The smallest absolute Gasteiger partial charge is 0.310 e. The molecule has 11 nitrogen and oxygen atoms in total. The third kappa shape index (κ3) is 5.47. The number of amides is 1. The van der Waals surface area contributed by atoms with Gasteiger partial charge in [0.15, 0.2) is 12.4 Å². The van der Waals surface area contributed by atoms with Crippen LogP contribution < -0.4 is 10.2 Å². The minimum Gasteiger partial charge on any atom is -0.502 e. The molecule has 2 N–H and O–H groups in total. The molecule has 12 heteroatoms. The fraction of sp³-hybridized carbons (Fsp3) is 0.0667. The zero-order valence-electron chi connectivity index (χ0n) is 13.4. The Kier molecular flexibility index (Phi) is 6.38. The van der Waals surface area contributed by atoms with Gasteiger partial charge >= 0.3 is 5.69 Å². The van der Waals surface area contributed by atoms with Gasteiger partial charge in [-0.25, -0.2) is 5.43 Å². The van der Waals surface area contributed by atoms with Crippen molar-refractivity contribution < 1.29 is 24.5 Å². The Hall–Kier alpha value is -3.54. The number of nitrogens with one attached hydrogen (secondary N) is 1. The second-order valence-electron chi connectivity index (χ2n) is 4.96. The summed E-state index contributed by atoms with van der Waals surface area (Å²) in [6, 6.07) is 7.39. The highest BCUT2D eigenvalue weighted by Crippen LogP contribution is 2.29. The van der Waals surface area contributed by atoms with Gasteiger partial charge in [-0.1, -0.05) is 0 Å². The highest BCUT2D eigenvalue weighted by atomic mass is 79.9. The predicted molar refractivity (Wildman–Crippen MR) is 96.8 cm³/mol. The summed E-state index contributed by atoms with van der Waals surface area (Å²) in [5.74, 6) is -0.899. The maximum atomic E-state index is 11.7. The summed E-state index contributed by atoms with van der Waals surface area (Å²) in [7, 11) is 0. The summed E-state index contributed by atoms with van der Waals surface area (Å²) in [5, 5.41) is 34.4. The molecule has 2 aromatic rings. The first-order chi connectivity index (χ1) is 12.8. The number of nitrogens with zero attached hydrogens (tertiary/aromatic N) is 3. The van der Waals surface area contributed by atoms with Crippen LogP contribution in [-0.4, -0.2) is 33.7 Å². The van der Waals surface area contributed by atoms with E-state index in [1.165, 1.54) is 30.5 Å². The first kappa shape index (κ1) is 19.8. The molecule has 0 aliphatic heterocycles. The average Bonchev–Trinajstić information content (AvgIpc) is 2.60. The number of hydrogen-bond donors (Lipinski definition) is 2. The molecule has 0 fully saturated rings. The summed E-state index contributed by atoms with van der Waals surface area (Å²) in [5.41, 5.74) is 1.93. The van der Waals surface area contributed by atoms with E-state index in [0.717, 1.165) is 12.1 Å². The zero-order chi connectivity index (χ0) is 20.0. The first-order valence-electron chi connectivity index (χ1n) is 7.14. The number of hydrogen-bond acceptors (Lipinski definition) is 8. The van der Waals surface area contributed by atoms with Crippen molar-refractivity contribution in [2.75, 3.05) is 6.61 Å². The molecule has 0 saturated carbocycles. The molecule has 2 rings (SSSR count). The number of non-ortho nitro benzene ring substituents is 1. The number of rotatable bonds is 7. The average molecular weight is 439 g/mol. The van der Waals surface area contributed by atoms with Crippen LogP contribution in [0.2, 0.25) is 0 Å². The molecular weight excluding hydrogens is 428 g/mol. The van der Waals surface area contributed by atoms with E-state index in [-0.39, 0.29) is 11.4 Å². The van der Waals surface area contributed by atoms with E-state index in [9.17, 15) is 30.1 Å². The van der Waals surface area contributed by atoms with Crippen LogP contribution in [0.3, 0.4) is 0 Å². The topological polar surface area (TPSA) is 157 Å². The standard InChI is InChI=1S/C15H11BrN4O7/c16-11-6-10(19(23)24)2-4-14(11)27-8-15(22)18-17-7-9-1-3-12(20(25)26)13(21)5-9/h1-7,21H,8H2,(H,18,22). The van der Waals surface area contributed by atoms with Gasteiger partial charge in [0.2, 0.25) is 0 Å². The van der Waals surface area contributed by atoms with E-state index in [0.29, 0.717) is 10.0 Å². The van der Waals surface area contributed by atoms with Crippen LogP contribution >= 0.6 is 15.9 Å². The van der Waals surface area contributed by atoms with Crippen molar-refractivity contribution in [2.24, 2.45) is 5.10 Å². The van der Waals surface area contributed by atoms with Crippen molar-refractivity contribution in [3.05, 3.63) is 66.7 Å². The number of benzene rings is 2. The number of ether oxygens (including phenoxy) is 1. The fourth-order valence-corrected chi connectivity index (χ4v) is 2.33. The number of aromatic hydroxyl groups is 1. The van der Waals surface area contributed by atoms with Crippen molar-refractivity contribution in [3.8, 4) is 11.5 Å². The van der Waals surface area contributed by atoms with Gasteiger partial charge in [0.05, 0.1) is 20.5 Å². The third-order valence-corrected chi connectivity index (χ3v) is 3.70. The van der Waals surface area contributed by atoms with E-state index < -0.39 is 33.8 Å². The highest BCUT2D eigenvalue weighted by Gasteiger charge is 2.13. The molecule has 1 amide bonds. The van der Waals surface area contributed by atoms with Gasteiger partial charge < -0.3 is 9.84 Å². The Morgan fingerprint density at radius 3 is 2.56 bits per heavy atom. The second-order valence-corrected chi connectivity index (χ2v) is 5.81. The van der Waals surface area contributed by atoms with Crippen LogP contribution in [0.15, 0.2) is 46.0 Å². The maximum Gasteiger partial charge on any atom is 0.310 e. The molecule has 0 atom stereocenters. The van der Waals surface area contributed by atoms with Gasteiger partial charge in [0.25, 0.3) is 11.6 Å². The van der Waals surface area contributed by atoms with Gasteiger partial charge in [0.1, 0.15) is 5.75 Å². The molecule has 0 spiro atoms. The quantitative estimate of drug-likeness (QED) is 0.381. The van der Waals surface area contributed by atoms with Crippen molar-refractivity contribution in [3.63, 3.8) is 0 Å². The second kappa shape index (κ2) is 8.71. The molecular formula is C15H11BrN4O7. The predicted octanol–water partition coefficient (Wildman–Crippen LogP) is 2.50. The zero-order valence-corrected chi connectivity index (χ0v) is 15.0. The number of phenols is 1. The monoisotopic (exact) mass is 438 g/mol. The lowest BCUT2D eigenvalue weighted by Gasteiger charge is -2.06. The van der Waals surface area contributed by atoms with Gasteiger partial charge in [-0.2, -0.15) is 5.10 Å². The van der Waals surface area contributed by atoms with Crippen LogP contribution in [0.5, 0.6) is 11.5 Å². The first-order valence-corrected chi connectivity index (χ1v) is 7.93. The van der Waals surface area contributed by atoms with Gasteiger partial charge in [-0.3, -0.25) is 25.0 Å². The maximum absolute atomic E-state index is 11.7. The number of nitro benzene ring substituents is 2. The molecule has 0 bridgehead atoms. The highest BCUT2D eigenvalue weighted by molar-refractivity contribution is 9.10. The Labute approximate surface area is 159 Å². The fourth-order valence-electron chi connectivity index (χ4n) is 1.85. The van der Waals surface area contributed by atoms with Crippen molar-refractivity contribution >= 4 is 39.4 Å². The molecule has 0 saturated heterocycles. The van der Waals surface area contributed by atoms with Gasteiger partial charge in [0, 0.05) is 18.2 Å². The molecule has 2 aromatic carbocycles. The van der Waals surface area contributed by atoms with Crippen molar-refractivity contribution in [2.45, 2.75) is 0 Å². The summed E-state index contributed by atoms with van der Waals surface area (Å²) >= 11 is 3.11. The Morgan fingerprint density at radius 1 is 1.22 bits per heavy atom. The lowest BCUT2D eigenvalue weighted by atomic mass is 10.2. The minimum atomic E-state index is -0.730. The van der Waals surface area contributed by atoms with E-state index in [1.807, 2.05) is 0 Å². The Balaban J connectivity index is 1.89. The van der Waals surface area contributed by atoms with E-state index in [4.69, 9.17) is 4.74 Å². The van der Waals surface area contributed by atoms with Crippen molar-refractivity contribution in [1.82, 2.24) is 5.43 Å². The Morgan fingerprint density at radius 2 is 1.96 bits per heavy atom. The molecule has 0 unspecified atom stereocenters. The van der Waals surface area contributed by atoms with E-state index >= 15 is 0 Å². The number of hydrazone groups is 1. The summed E-state index contributed by atoms with van der Waals surface area (Å²) in [4.78, 5) is 31.7. The van der Waals surface area contributed by atoms with Crippen molar-refractivity contribution in [1.29, 1.82) is 0 Å². The van der Waals surface area contributed by atoms with Gasteiger partial charge in [-0.05, 0) is 39.7 Å². The molecule has 0 radical (unpaired) electrons. The number of carbonyl (C=O) groups excluding carboxylic acids is 1.